The quantitative estimate of drug-likeness (QED) is 0.358. The summed E-state index contributed by atoms with van der Waals surface area (Å²) in [6.45, 7) is 5.99. The molecule has 3 N–H and O–H groups in total. The monoisotopic (exact) mass is 498 g/mol. The molecule has 1 aliphatic carbocycles. The number of aromatic nitrogens is 3. The summed E-state index contributed by atoms with van der Waals surface area (Å²) in [4.78, 5) is 31.9. The number of anilines is 2. The number of H-pyrrole nitrogens is 1. The van der Waals surface area contributed by atoms with Gasteiger partial charge in [0, 0.05) is 48.1 Å². The molecule has 0 unspecified atom stereocenters. The molecule has 1 aromatic carbocycles. The summed E-state index contributed by atoms with van der Waals surface area (Å²) < 4.78 is 0. The van der Waals surface area contributed by atoms with Crippen molar-refractivity contribution >= 4 is 23.5 Å². The molecule has 1 saturated heterocycles. The minimum Gasteiger partial charge on any atom is -0.309 e. The number of rotatable bonds is 9. The lowest BCUT2D eigenvalue weighted by molar-refractivity contribution is -0.117. The van der Waals surface area contributed by atoms with Gasteiger partial charge in [0.05, 0.1) is 5.92 Å². The van der Waals surface area contributed by atoms with Crippen LogP contribution in [0.25, 0.3) is 11.1 Å². The van der Waals surface area contributed by atoms with E-state index in [1.807, 2.05) is 49.4 Å². The van der Waals surface area contributed by atoms with E-state index in [0.29, 0.717) is 23.6 Å². The van der Waals surface area contributed by atoms with Gasteiger partial charge in [-0.3, -0.25) is 19.6 Å². The summed E-state index contributed by atoms with van der Waals surface area (Å²) in [7, 11) is 0. The zero-order valence-corrected chi connectivity index (χ0v) is 21.4. The Morgan fingerprint density at radius 1 is 1.11 bits per heavy atom. The third kappa shape index (κ3) is 6.32. The van der Waals surface area contributed by atoms with E-state index in [9.17, 15) is 9.59 Å². The van der Waals surface area contributed by atoms with Crippen LogP contribution in [0.15, 0.2) is 60.8 Å². The zero-order chi connectivity index (χ0) is 25.8. The summed E-state index contributed by atoms with van der Waals surface area (Å²) in [5.74, 6) is 0.992. The maximum absolute atomic E-state index is 12.8. The van der Waals surface area contributed by atoms with E-state index >= 15 is 0 Å². The van der Waals surface area contributed by atoms with Gasteiger partial charge in [0.25, 0.3) is 0 Å². The van der Waals surface area contributed by atoms with Gasteiger partial charge in [-0.1, -0.05) is 30.3 Å². The fourth-order valence-electron chi connectivity index (χ4n) is 4.74. The average molecular weight is 499 g/mol. The number of hydrogen-bond donors (Lipinski definition) is 3. The number of likely N-dealkylation sites (tertiary alicyclic amines) is 1. The van der Waals surface area contributed by atoms with Gasteiger partial charge in [-0.15, -0.1) is 0 Å². The first-order chi connectivity index (χ1) is 18.0. The van der Waals surface area contributed by atoms with Crippen molar-refractivity contribution in [2.24, 2.45) is 0 Å². The summed E-state index contributed by atoms with van der Waals surface area (Å²) in [6.07, 6.45) is 10.0. The Kier molecular flexibility index (Phi) is 7.46. The highest BCUT2D eigenvalue weighted by Crippen LogP contribution is 2.39. The molecule has 37 heavy (non-hydrogen) atoms. The second-order valence-corrected chi connectivity index (χ2v) is 10.1. The van der Waals surface area contributed by atoms with Crippen molar-refractivity contribution in [2.75, 3.05) is 23.7 Å². The molecule has 1 saturated carbocycles. The molecule has 1 aliphatic heterocycles. The second-order valence-electron chi connectivity index (χ2n) is 10.1. The number of carbonyl (C=O) groups excluding carboxylic acids is 2. The van der Waals surface area contributed by atoms with Gasteiger partial charge in [-0.05, 0) is 69.3 Å². The maximum Gasteiger partial charge on any atom is 0.249 e. The van der Waals surface area contributed by atoms with Crippen molar-refractivity contribution in [3.8, 4) is 11.1 Å². The third-order valence-corrected chi connectivity index (χ3v) is 7.29. The van der Waals surface area contributed by atoms with Crippen LogP contribution in [0.5, 0.6) is 0 Å². The lowest BCUT2D eigenvalue weighted by Crippen LogP contribution is -2.27. The molecule has 3 aromatic rings. The molecule has 0 spiro atoms. The number of benzene rings is 1. The molecule has 5 rings (SSSR count). The molecule has 2 amide bonds. The van der Waals surface area contributed by atoms with Crippen LogP contribution in [0.2, 0.25) is 0 Å². The number of carbonyl (C=O) groups is 2. The number of pyridine rings is 1. The van der Waals surface area contributed by atoms with E-state index in [-0.39, 0.29) is 17.7 Å². The number of hydrogen-bond acceptors (Lipinski definition) is 5. The SMILES string of the molecule is C[C@H](C(=O)Nc1cc(C2CC2)[nH]n1)c1cccc(-c2ccc(NC(=O)/C=C/CN3CCC[C@H]3C)nc2)c1. The van der Waals surface area contributed by atoms with Gasteiger partial charge in [0.15, 0.2) is 5.82 Å². The molecule has 8 nitrogen and oxygen atoms in total. The Morgan fingerprint density at radius 2 is 1.97 bits per heavy atom. The molecular weight excluding hydrogens is 464 g/mol. The molecule has 0 bridgehead atoms. The first-order valence-corrected chi connectivity index (χ1v) is 13.1. The fourth-order valence-corrected chi connectivity index (χ4v) is 4.74. The fraction of sp³-hybridized carbons (Fsp3) is 0.379. The van der Waals surface area contributed by atoms with Gasteiger partial charge < -0.3 is 10.6 Å². The predicted molar refractivity (Wildman–Crippen MR) is 145 cm³/mol. The lowest BCUT2D eigenvalue weighted by Gasteiger charge is -2.18. The molecule has 2 fully saturated rings. The molecule has 0 radical (unpaired) electrons. The molecule has 3 heterocycles. The topological polar surface area (TPSA) is 103 Å². The van der Waals surface area contributed by atoms with Gasteiger partial charge >= 0.3 is 0 Å². The molecule has 2 aliphatic rings. The van der Waals surface area contributed by atoms with Gasteiger partial charge in [-0.25, -0.2) is 4.98 Å². The number of aromatic amines is 1. The Labute approximate surface area is 217 Å². The van der Waals surface area contributed by atoms with Crippen LogP contribution in [0.1, 0.15) is 62.6 Å². The van der Waals surface area contributed by atoms with Crippen LogP contribution < -0.4 is 10.6 Å². The van der Waals surface area contributed by atoms with Crippen LogP contribution in [0.3, 0.4) is 0 Å². The highest BCUT2D eigenvalue weighted by atomic mass is 16.2. The van der Waals surface area contributed by atoms with Crippen LogP contribution in [0.4, 0.5) is 11.6 Å². The van der Waals surface area contributed by atoms with Crippen LogP contribution in [-0.4, -0.2) is 51.0 Å². The maximum atomic E-state index is 12.8. The highest BCUT2D eigenvalue weighted by molar-refractivity contribution is 5.98. The van der Waals surface area contributed by atoms with Crippen molar-refractivity contribution < 1.29 is 9.59 Å². The lowest BCUT2D eigenvalue weighted by atomic mass is 9.96. The van der Waals surface area contributed by atoms with Crippen molar-refractivity contribution in [2.45, 2.75) is 57.4 Å². The second kappa shape index (κ2) is 11.1. The van der Waals surface area contributed by atoms with E-state index in [2.05, 4.69) is 37.6 Å². The van der Waals surface area contributed by atoms with Crippen molar-refractivity contribution in [3.63, 3.8) is 0 Å². The smallest absolute Gasteiger partial charge is 0.249 e. The van der Waals surface area contributed by atoms with Crippen LogP contribution in [-0.2, 0) is 9.59 Å². The average Bonchev–Trinajstić information content (AvgIpc) is 3.52. The van der Waals surface area contributed by atoms with Gasteiger partial charge in [0.2, 0.25) is 11.8 Å². The Hall–Kier alpha value is -3.78. The molecule has 8 heteroatoms. The minimum absolute atomic E-state index is 0.102. The summed E-state index contributed by atoms with van der Waals surface area (Å²) in [5.41, 5.74) is 3.86. The summed E-state index contributed by atoms with van der Waals surface area (Å²) >= 11 is 0. The number of amides is 2. The van der Waals surface area contributed by atoms with Crippen LogP contribution >= 0.6 is 0 Å². The standard InChI is InChI=1S/C29H34N6O2/c1-19-6-4-14-35(19)15-5-9-28(36)31-26-13-12-24(18-30-26)23-8-3-7-22(16-23)20(2)29(37)32-27-17-25(33-34-27)21-10-11-21/h3,5,7-9,12-13,16-21H,4,6,10-11,14-15H2,1-2H3,(H,30,31,36)(H2,32,33,34,37)/b9-5+/t19-,20+/m1/s1. The van der Waals surface area contributed by atoms with E-state index < -0.39 is 0 Å². The first-order valence-electron chi connectivity index (χ1n) is 13.1. The summed E-state index contributed by atoms with van der Waals surface area (Å²) in [6, 6.07) is 14.1. The number of nitrogens with one attached hydrogen (secondary N) is 3. The van der Waals surface area contributed by atoms with Crippen molar-refractivity contribution in [1.29, 1.82) is 0 Å². The number of nitrogens with zero attached hydrogens (tertiary/aromatic N) is 3. The normalized spacial score (nSPS) is 18.7. The van der Waals surface area contributed by atoms with Gasteiger partial charge in [-0.2, -0.15) is 5.10 Å². The van der Waals surface area contributed by atoms with E-state index in [4.69, 9.17) is 0 Å². The molecule has 2 atom stereocenters. The molecule has 192 valence electrons. The molecule has 2 aromatic heterocycles. The first kappa shape index (κ1) is 24.9. The van der Waals surface area contributed by atoms with E-state index in [0.717, 1.165) is 35.5 Å². The minimum atomic E-state index is -0.345. The van der Waals surface area contributed by atoms with Crippen LogP contribution in [0, 0.1) is 0 Å². The highest BCUT2D eigenvalue weighted by Gasteiger charge is 2.26. The largest absolute Gasteiger partial charge is 0.309 e. The Morgan fingerprint density at radius 3 is 2.70 bits per heavy atom. The van der Waals surface area contributed by atoms with Crippen molar-refractivity contribution in [1.82, 2.24) is 20.1 Å². The Balaban J connectivity index is 1.17. The zero-order valence-electron chi connectivity index (χ0n) is 21.4. The third-order valence-electron chi connectivity index (χ3n) is 7.29. The van der Waals surface area contributed by atoms with Gasteiger partial charge in [0.1, 0.15) is 5.82 Å². The predicted octanol–water partition coefficient (Wildman–Crippen LogP) is 5.07. The van der Waals surface area contributed by atoms with E-state index in [1.54, 1.807) is 18.3 Å². The van der Waals surface area contributed by atoms with Crippen molar-refractivity contribution in [3.05, 3.63) is 72.1 Å². The summed E-state index contributed by atoms with van der Waals surface area (Å²) in [5, 5.41) is 13.0. The van der Waals surface area contributed by atoms with E-state index in [1.165, 1.54) is 25.7 Å². The molecular formula is C29H34N6O2. The Bertz CT molecular complexity index is 1280.